The van der Waals surface area contributed by atoms with Crippen LogP contribution in [0.15, 0.2) is 18.2 Å². The van der Waals surface area contributed by atoms with Gasteiger partial charge in [-0.05, 0) is 41.6 Å². The summed E-state index contributed by atoms with van der Waals surface area (Å²) in [6.45, 7) is 3.80. The molecule has 0 aliphatic heterocycles. The number of carbonyl (C=O) groups is 1. The molecule has 0 amide bonds. The number of hydrogen-bond acceptors (Lipinski definition) is 3. The Kier molecular flexibility index (Phi) is 6.88. The third-order valence-corrected chi connectivity index (χ3v) is 4.38. The van der Waals surface area contributed by atoms with Crippen molar-refractivity contribution in [3.63, 3.8) is 0 Å². The molecular weight excluding hydrogens is 276 g/mol. The van der Waals surface area contributed by atoms with Gasteiger partial charge in [0.15, 0.2) is 0 Å². The summed E-state index contributed by atoms with van der Waals surface area (Å²) in [7, 11) is 0. The van der Waals surface area contributed by atoms with Crippen LogP contribution in [0, 0.1) is 6.92 Å². The molecule has 0 aromatic heterocycles. The van der Waals surface area contributed by atoms with Crippen molar-refractivity contribution >= 4 is 17.0 Å². The van der Waals surface area contributed by atoms with E-state index in [1.807, 2.05) is 0 Å². The van der Waals surface area contributed by atoms with Crippen molar-refractivity contribution in [2.24, 2.45) is 0 Å². The summed E-state index contributed by atoms with van der Waals surface area (Å²) in [5.74, 6) is -0.989. The largest absolute Gasteiger partial charge is 0.772 e. The van der Waals surface area contributed by atoms with Crippen LogP contribution in [-0.2, 0) is 11.1 Å². The van der Waals surface area contributed by atoms with Gasteiger partial charge in [-0.15, -0.1) is 0 Å². The second-order valence-electron chi connectivity index (χ2n) is 4.98. The summed E-state index contributed by atoms with van der Waals surface area (Å²) < 4.78 is 22.8. The van der Waals surface area contributed by atoms with Crippen LogP contribution in [0.5, 0.6) is 0 Å². The lowest BCUT2D eigenvalue weighted by Crippen LogP contribution is -2.08. The maximum Gasteiger partial charge on any atom is 0.335 e. The Hall–Kier alpha value is -1.20. The predicted octanol–water partition coefficient (Wildman–Crippen LogP) is 3.58. The fraction of sp³-hybridized carbons (Fsp3) is 0.533. The van der Waals surface area contributed by atoms with Crippen LogP contribution in [0.3, 0.4) is 0 Å². The Morgan fingerprint density at radius 2 is 2.05 bits per heavy atom. The minimum Gasteiger partial charge on any atom is -0.772 e. The van der Waals surface area contributed by atoms with E-state index in [9.17, 15) is 13.6 Å². The fourth-order valence-electron chi connectivity index (χ4n) is 2.26. The number of carboxylic acids is 1. The molecule has 0 radical (unpaired) electrons. The van der Waals surface area contributed by atoms with Crippen molar-refractivity contribution in [2.75, 3.05) is 0 Å². The average Bonchev–Trinajstić information content (AvgIpc) is 2.37. The van der Waals surface area contributed by atoms with E-state index in [4.69, 9.17) is 5.11 Å². The predicted molar refractivity (Wildman–Crippen MR) is 78.6 cm³/mol. The number of aromatic carboxylic acids is 1. The monoisotopic (exact) mass is 297 g/mol. The van der Waals surface area contributed by atoms with Gasteiger partial charge in [0.05, 0.1) is 5.56 Å². The van der Waals surface area contributed by atoms with Gasteiger partial charge in [0.2, 0.25) is 0 Å². The first kappa shape index (κ1) is 16.9. The van der Waals surface area contributed by atoms with Gasteiger partial charge < -0.3 is 9.66 Å². The van der Waals surface area contributed by atoms with Gasteiger partial charge in [-0.3, -0.25) is 4.21 Å². The van der Waals surface area contributed by atoms with Gasteiger partial charge in [-0.2, -0.15) is 0 Å². The highest BCUT2D eigenvalue weighted by molar-refractivity contribution is 7.79. The number of carboxylic acid groups (broad SMARTS) is 1. The Balaban J connectivity index is 2.84. The molecule has 1 rings (SSSR count). The molecule has 20 heavy (non-hydrogen) atoms. The SMILES string of the molecule is CCCCCCC(c1ccc(C(=O)O)c(C)c1)S(=O)[O-]. The average molecular weight is 297 g/mol. The van der Waals surface area contributed by atoms with Crippen molar-refractivity contribution in [3.05, 3.63) is 34.9 Å². The van der Waals surface area contributed by atoms with Gasteiger partial charge in [0.1, 0.15) is 0 Å². The molecule has 112 valence electrons. The molecule has 4 nitrogen and oxygen atoms in total. The lowest BCUT2D eigenvalue weighted by molar-refractivity contribution is 0.0696. The summed E-state index contributed by atoms with van der Waals surface area (Å²) >= 11 is -2.18. The van der Waals surface area contributed by atoms with E-state index in [1.165, 1.54) is 6.07 Å². The van der Waals surface area contributed by atoms with Crippen molar-refractivity contribution in [3.8, 4) is 0 Å². The zero-order valence-corrected chi connectivity index (χ0v) is 12.7. The summed E-state index contributed by atoms with van der Waals surface area (Å²) in [6, 6.07) is 4.76. The lowest BCUT2D eigenvalue weighted by atomic mass is 10.00. The van der Waals surface area contributed by atoms with Gasteiger partial charge >= 0.3 is 5.97 Å². The molecule has 0 saturated heterocycles. The smallest absolute Gasteiger partial charge is 0.335 e. The van der Waals surface area contributed by atoms with E-state index in [1.54, 1.807) is 19.1 Å². The first-order chi connectivity index (χ1) is 9.47. The minimum atomic E-state index is -2.18. The Morgan fingerprint density at radius 1 is 1.35 bits per heavy atom. The van der Waals surface area contributed by atoms with E-state index in [-0.39, 0.29) is 5.56 Å². The van der Waals surface area contributed by atoms with Gasteiger partial charge in [-0.1, -0.05) is 44.7 Å². The van der Waals surface area contributed by atoms with Gasteiger partial charge in [-0.25, -0.2) is 4.79 Å². The molecule has 0 aliphatic rings. The zero-order valence-electron chi connectivity index (χ0n) is 11.9. The molecule has 0 fully saturated rings. The Bertz CT molecular complexity index is 485. The maximum absolute atomic E-state index is 11.4. The van der Waals surface area contributed by atoms with E-state index in [2.05, 4.69) is 6.92 Å². The molecule has 5 heteroatoms. The molecule has 1 aromatic carbocycles. The quantitative estimate of drug-likeness (QED) is 0.587. The molecular formula is C15H21O4S-. The van der Waals surface area contributed by atoms with Gasteiger partial charge in [0.25, 0.3) is 0 Å². The van der Waals surface area contributed by atoms with Crippen LogP contribution in [0.25, 0.3) is 0 Å². The third kappa shape index (κ3) is 4.72. The standard InChI is InChI=1S/C15H22O4S/c1-3-4-5-6-7-14(20(18)19)12-8-9-13(15(16)17)11(2)10-12/h8-10,14H,3-7H2,1-2H3,(H,16,17)(H,18,19)/p-1. The van der Waals surface area contributed by atoms with Crippen LogP contribution in [0.2, 0.25) is 0 Å². The van der Waals surface area contributed by atoms with Crippen molar-refractivity contribution in [1.82, 2.24) is 0 Å². The van der Waals surface area contributed by atoms with Crippen LogP contribution < -0.4 is 0 Å². The second-order valence-corrected chi connectivity index (χ2v) is 6.07. The second kappa shape index (κ2) is 8.17. The highest BCUT2D eigenvalue weighted by atomic mass is 32.2. The van der Waals surface area contributed by atoms with E-state index >= 15 is 0 Å². The normalized spacial score (nSPS) is 13.9. The van der Waals surface area contributed by atoms with E-state index in [0.717, 1.165) is 25.7 Å². The molecule has 0 aliphatic carbocycles. The number of aryl methyl sites for hydroxylation is 1. The van der Waals surface area contributed by atoms with Crippen LogP contribution in [0.4, 0.5) is 0 Å². The number of unbranched alkanes of at least 4 members (excludes halogenated alkanes) is 3. The summed E-state index contributed by atoms with van der Waals surface area (Å²) in [6.07, 6.45) is 4.69. The molecule has 1 N–H and O–H groups in total. The number of benzene rings is 1. The molecule has 0 heterocycles. The Labute approximate surface area is 122 Å². The minimum absolute atomic E-state index is 0.218. The van der Waals surface area contributed by atoms with Crippen molar-refractivity contribution in [2.45, 2.75) is 51.2 Å². The molecule has 0 spiro atoms. The maximum atomic E-state index is 11.4. The molecule has 1 aromatic rings. The molecule has 0 saturated carbocycles. The fourth-order valence-corrected chi connectivity index (χ4v) is 2.99. The topological polar surface area (TPSA) is 77.4 Å². The number of hydrogen-bond donors (Lipinski definition) is 1. The highest BCUT2D eigenvalue weighted by Crippen LogP contribution is 2.27. The summed E-state index contributed by atoms with van der Waals surface area (Å²) in [5, 5.41) is 8.44. The first-order valence-electron chi connectivity index (χ1n) is 6.89. The number of rotatable bonds is 8. The van der Waals surface area contributed by atoms with Crippen LogP contribution in [0.1, 0.15) is 65.8 Å². The van der Waals surface area contributed by atoms with Crippen molar-refractivity contribution in [1.29, 1.82) is 0 Å². The van der Waals surface area contributed by atoms with Gasteiger partial charge in [0, 0.05) is 5.25 Å². The van der Waals surface area contributed by atoms with E-state index < -0.39 is 22.3 Å². The zero-order chi connectivity index (χ0) is 15.1. The lowest BCUT2D eigenvalue weighted by Gasteiger charge is -2.21. The van der Waals surface area contributed by atoms with Crippen molar-refractivity contribution < 1.29 is 18.7 Å². The molecule has 0 bridgehead atoms. The summed E-state index contributed by atoms with van der Waals surface area (Å²) in [5.41, 5.74) is 1.49. The van der Waals surface area contributed by atoms with E-state index in [0.29, 0.717) is 17.5 Å². The highest BCUT2D eigenvalue weighted by Gasteiger charge is 2.15. The first-order valence-corrected chi connectivity index (χ1v) is 8.03. The van der Waals surface area contributed by atoms with Crippen LogP contribution >= 0.6 is 0 Å². The third-order valence-electron chi connectivity index (χ3n) is 3.40. The summed E-state index contributed by atoms with van der Waals surface area (Å²) in [4.78, 5) is 11.0. The van der Waals surface area contributed by atoms with Crippen LogP contribution in [-0.4, -0.2) is 19.8 Å². The molecule has 2 unspecified atom stereocenters. The Morgan fingerprint density at radius 3 is 2.55 bits per heavy atom. The molecule has 2 atom stereocenters.